The van der Waals surface area contributed by atoms with Crippen LogP contribution in [0.2, 0.25) is 0 Å². The van der Waals surface area contributed by atoms with Crippen molar-refractivity contribution in [2.45, 2.75) is 85.3 Å². The molecule has 0 saturated heterocycles. The molecule has 2 heterocycles. The van der Waals surface area contributed by atoms with Crippen molar-refractivity contribution in [2.24, 2.45) is 5.41 Å². The molecule has 6 aromatic rings. The Balaban J connectivity index is 1.38. The van der Waals surface area contributed by atoms with E-state index in [2.05, 4.69) is 63.9 Å². The van der Waals surface area contributed by atoms with Crippen LogP contribution in [0.1, 0.15) is 98.0 Å². The maximum atomic E-state index is 9.33. The van der Waals surface area contributed by atoms with Gasteiger partial charge in [0.1, 0.15) is 11.2 Å². The van der Waals surface area contributed by atoms with Crippen molar-refractivity contribution in [3.63, 3.8) is 0 Å². The van der Waals surface area contributed by atoms with Crippen LogP contribution in [0.5, 0.6) is 0 Å². The number of hydrogen-bond acceptors (Lipinski definition) is 2. The van der Waals surface area contributed by atoms with Gasteiger partial charge in [0.2, 0.25) is 0 Å². The summed E-state index contributed by atoms with van der Waals surface area (Å²) < 4.78 is 66.9. The second-order valence-electron chi connectivity index (χ2n) is 14.4. The molecule has 0 amide bonds. The molecule has 2 nitrogen and oxygen atoms in total. The van der Waals surface area contributed by atoms with Gasteiger partial charge in [-0.15, -0.1) is 0 Å². The highest BCUT2D eigenvalue weighted by atomic mass is 16.3. The highest BCUT2D eigenvalue weighted by Gasteiger charge is 2.28. The minimum atomic E-state index is -2.56. The maximum Gasteiger partial charge on any atom is 0.144 e. The molecule has 0 radical (unpaired) electrons. The molecule has 0 atom stereocenters. The summed E-state index contributed by atoms with van der Waals surface area (Å²) in [6, 6.07) is 27.3. The Kier molecular flexibility index (Phi) is 5.47. The number of pyridine rings is 1. The van der Waals surface area contributed by atoms with E-state index in [1.807, 2.05) is 42.5 Å². The lowest BCUT2D eigenvalue weighted by Gasteiger charge is -2.34. The fourth-order valence-corrected chi connectivity index (χ4v) is 6.74. The third-order valence-electron chi connectivity index (χ3n) is 9.69. The zero-order valence-corrected chi connectivity index (χ0v) is 26.8. The summed E-state index contributed by atoms with van der Waals surface area (Å²) in [6.45, 7) is 5.88. The molecule has 2 heteroatoms. The fourth-order valence-electron chi connectivity index (χ4n) is 6.74. The zero-order valence-electron chi connectivity index (χ0n) is 33.8. The van der Waals surface area contributed by atoms with Crippen LogP contribution >= 0.6 is 0 Å². The summed E-state index contributed by atoms with van der Waals surface area (Å²) in [4.78, 5) is 4.65. The van der Waals surface area contributed by atoms with Crippen LogP contribution in [0, 0.1) is 19.1 Å². The second kappa shape index (κ2) is 11.0. The number of fused-ring (bicyclic) bond motifs is 3. The Morgan fingerprint density at radius 3 is 2.09 bits per heavy atom. The second-order valence-corrected chi connectivity index (χ2v) is 14.4. The summed E-state index contributed by atoms with van der Waals surface area (Å²) in [5, 5.41) is 1.84. The van der Waals surface area contributed by atoms with Crippen LogP contribution in [0.25, 0.3) is 55.4 Å². The van der Waals surface area contributed by atoms with E-state index < -0.39 is 19.6 Å². The van der Waals surface area contributed by atoms with Gasteiger partial charge in [0.05, 0.1) is 5.69 Å². The minimum Gasteiger partial charge on any atom is -0.455 e. The molecule has 2 aromatic heterocycles. The first-order valence-corrected chi connectivity index (χ1v) is 16.0. The predicted octanol–water partition coefficient (Wildman–Crippen LogP) is 12.6. The normalized spacial score (nSPS) is 19.2. The molecule has 0 unspecified atom stereocenters. The Morgan fingerprint density at radius 1 is 0.756 bits per heavy atom. The van der Waals surface area contributed by atoms with E-state index in [1.54, 1.807) is 18.2 Å². The molecule has 0 aliphatic heterocycles. The first-order valence-electron chi connectivity index (χ1n) is 19.5. The summed E-state index contributed by atoms with van der Waals surface area (Å²) in [5.41, 5.74) is 7.13. The SMILES string of the molecule is [2H]C([2H])([2H])c1cnc(-c2cccc3c2oc2c(-c4ccc(C(C)(C)C)cc4)cccc23)cc1-c1ccc(C2([2H])CCC(C)(C)CC2)cc1C([2H])([2H])[2H]. The van der Waals surface area contributed by atoms with Gasteiger partial charge in [-0.3, -0.25) is 4.98 Å². The van der Waals surface area contributed by atoms with Crippen LogP contribution in [0.15, 0.2) is 95.5 Å². The molecule has 1 fully saturated rings. The van der Waals surface area contributed by atoms with Gasteiger partial charge in [-0.05, 0) is 107 Å². The van der Waals surface area contributed by atoms with Gasteiger partial charge < -0.3 is 4.42 Å². The molecule has 0 spiro atoms. The molecule has 1 aliphatic carbocycles. The molecular formula is C43H45NO. The number of hydrogen-bond donors (Lipinski definition) is 0. The summed E-state index contributed by atoms with van der Waals surface area (Å²) >= 11 is 0. The number of furan rings is 1. The average Bonchev–Trinajstić information content (AvgIpc) is 3.47. The van der Waals surface area contributed by atoms with E-state index in [-0.39, 0.29) is 27.5 Å². The Bertz CT molecular complexity index is 2290. The van der Waals surface area contributed by atoms with Crippen molar-refractivity contribution in [1.29, 1.82) is 0 Å². The van der Waals surface area contributed by atoms with Gasteiger partial charge in [0.25, 0.3) is 0 Å². The highest BCUT2D eigenvalue weighted by Crippen LogP contribution is 2.44. The van der Waals surface area contributed by atoms with Gasteiger partial charge in [0, 0.05) is 37.7 Å². The molecule has 0 N–H and O–H groups in total. The molecule has 228 valence electrons. The van der Waals surface area contributed by atoms with Crippen molar-refractivity contribution in [2.75, 3.05) is 0 Å². The Morgan fingerprint density at radius 2 is 1.42 bits per heavy atom. The van der Waals surface area contributed by atoms with Crippen LogP contribution in [0.3, 0.4) is 0 Å². The van der Waals surface area contributed by atoms with Gasteiger partial charge in [-0.2, -0.15) is 0 Å². The topological polar surface area (TPSA) is 26.0 Å². The Hall–Kier alpha value is -4.17. The van der Waals surface area contributed by atoms with Crippen molar-refractivity contribution < 1.29 is 14.0 Å². The lowest BCUT2D eigenvalue weighted by Crippen LogP contribution is -2.20. The third kappa shape index (κ3) is 5.50. The average molecular weight is 599 g/mol. The van der Waals surface area contributed by atoms with Crippen molar-refractivity contribution in [1.82, 2.24) is 4.98 Å². The van der Waals surface area contributed by atoms with E-state index in [1.165, 1.54) is 11.8 Å². The summed E-state index contributed by atoms with van der Waals surface area (Å²) in [5.74, 6) is -0.908. The van der Waals surface area contributed by atoms with Crippen LogP contribution in [0.4, 0.5) is 0 Å². The number of benzene rings is 4. The van der Waals surface area contributed by atoms with E-state index in [4.69, 9.17) is 12.6 Å². The fraction of sp³-hybridized carbons (Fsp3) is 0.326. The van der Waals surface area contributed by atoms with Gasteiger partial charge in [0.15, 0.2) is 0 Å². The van der Waals surface area contributed by atoms with Crippen molar-refractivity contribution in [3.8, 4) is 33.5 Å². The number of aryl methyl sites for hydroxylation is 2. The number of nitrogens with zero attached hydrogens (tertiary/aromatic N) is 1. The maximum absolute atomic E-state index is 9.33. The molecular weight excluding hydrogens is 546 g/mol. The molecule has 1 saturated carbocycles. The van der Waals surface area contributed by atoms with E-state index >= 15 is 0 Å². The monoisotopic (exact) mass is 598 g/mol. The van der Waals surface area contributed by atoms with Crippen molar-refractivity contribution in [3.05, 3.63) is 113 Å². The lowest BCUT2D eigenvalue weighted by molar-refractivity contribution is 0.224. The number of rotatable bonds is 4. The highest BCUT2D eigenvalue weighted by molar-refractivity contribution is 6.12. The molecule has 45 heavy (non-hydrogen) atoms. The smallest absolute Gasteiger partial charge is 0.144 e. The predicted molar refractivity (Wildman–Crippen MR) is 191 cm³/mol. The van der Waals surface area contributed by atoms with Gasteiger partial charge in [-0.25, -0.2) is 0 Å². The molecule has 7 rings (SSSR count). The lowest BCUT2D eigenvalue weighted by atomic mass is 9.71. The van der Waals surface area contributed by atoms with Crippen LogP contribution in [-0.2, 0) is 5.41 Å². The standard InChI is InChI=1S/C43H45NO/c1-27-24-31(29-20-22-43(6,7)23-21-29)16-19-33(27)38-25-39(44-26-28(38)2)37-13-9-12-36-35-11-8-10-34(40(35)45-41(36)37)30-14-17-32(18-15-30)42(3,4)5/h8-19,24-26,29H,20-23H2,1-7H3/i1D3,2D3,29D. The summed E-state index contributed by atoms with van der Waals surface area (Å²) in [6.07, 6.45) is 4.34. The summed E-state index contributed by atoms with van der Waals surface area (Å²) in [7, 11) is 0. The third-order valence-corrected chi connectivity index (χ3v) is 9.69. The number of aromatic nitrogens is 1. The van der Waals surface area contributed by atoms with E-state index in [0.29, 0.717) is 40.8 Å². The first-order chi connectivity index (χ1) is 24.3. The van der Waals surface area contributed by atoms with Gasteiger partial charge in [-0.1, -0.05) is 107 Å². The van der Waals surface area contributed by atoms with E-state index in [9.17, 15) is 1.37 Å². The molecule has 4 aromatic carbocycles. The van der Waals surface area contributed by atoms with Crippen molar-refractivity contribution >= 4 is 21.9 Å². The Labute approximate surface area is 278 Å². The van der Waals surface area contributed by atoms with Gasteiger partial charge >= 0.3 is 0 Å². The van der Waals surface area contributed by atoms with Crippen LogP contribution < -0.4 is 0 Å². The molecule has 0 bridgehead atoms. The largest absolute Gasteiger partial charge is 0.455 e. The number of para-hydroxylation sites is 2. The first kappa shape index (κ1) is 22.4. The van der Waals surface area contributed by atoms with E-state index in [0.717, 1.165) is 40.3 Å². The zero-order chi connectivity index (χ0) is 37.4. The van der Waals surface area contributed by atoms with Crippen LogP contribution in [-0.4, -0.2) is 4.98 Å². The minimum absolute atomic E-state index is 0.0304. The molecule has 1 aliphatic rings. The quantitative estimate of drug-likeness (QED) is 0.202.